The van der Waals surface area contributed by atoms with Gasteiger partial charge in [0.05, 0.1) is 31.0 Å². The Morgan fingerprint density at radius 3 is 2.97 bits per heavy atom. The number of likely N-dealkylation sites (N-methyl/N-ethyl adjacent to an activating group) is 2. The predicted molar refractivity (Wildman–Crippen MR) is 150 cm³/mol. The lowest BCUT2D eigenvalue weighted by molar-refractivity contribution is -0.111. The van der Waals surface area contributed by atoms with E-state index in [0.29, 0.717) is 5.69 Å². The van der Waals surface area contributed by atoms with Crippen molar-refractivity contribution in [2.24, 2.45) is 7.05 Å². The van der Waals surface area contributed by atoms with Crippen LogP contribution in [0.25, 0.3) is 22.2 Å². The molecule has 0 aliphatic heterocycles. The van der Waals surface area contributed by atoms with Crippen LogP contribution in [-0.2, 0) is 18.3 Å². The molecule has 37 heavy (non-hydrogen) atoms. The van der Waals surface area contributed by atoms with Crippen LogP contribution >= 0.6 is 0 Å². The van der Waals surface area contributed by atoms with Crippen molar-refractivity contribution in [2.75, 3.05) is 51.3 Å². The minimum Gasteiger partial charge on any atom is -0.496 e. The molecule has 0 spiro atoms. The predicted octanol–water partition coefficient (Wildman–Crippen LogP) is 4.36. The van der Waals surface area contributed by atoms with E-state index in [1.165, 1.54) is 13.2 Å². The average Bonchev–Trinajstić information content (AvgIpc) is 3.36. The summed E-state index contributed by atoms with van der Waals surface area (Å²) in [7, 11) is 3.90. The third-order valence-corrected chi connectivity index (χ3v) is 5.56. The van der Waals surface area contributed by atoms with E-state index < -0.39 is 56.8 Å². The van der Waals surface area contributed by atoms with E-state index in [9.17, 15) is 4.79 Å². The average molecular weight is 512 g/mol. The van der Waals surface area contributed by atoms with Crippen LogP contribution in [-0.4, -0.2) is 66.4 Å². The minimum absolute atomic E-state index is 0.00255. The van der Waals surface area contributed by atoms with Gasteiger partial charge in [-0.15, -0.1) is 0 Å². The number of rotatable bonds is 10. The molecule has 0 bridgehead atoms. The normalized spacial score (nSPS) is 17.6. The zero-order valence-corrected chi connectivity index (χ0v) is 20.5. The molecule has 0 atom stereocenters. The highest BCUT2D eigenvalue weighted by molar-refractivity contribution is 6.01. The van der Waals surface area contributed by atoms with Crippen molar-refractivity contribution in [3.05, 3.63) is 78.8 Å². The van der Waals surface area contributed by atoms with E-state index in [0.717, 1.165) is 29.6 Å². The van der Waals surface area contributed by atoms with E-state index in [1.807, 2.05) is 42.1 Å². The summed E-state index contributed by atoms with van der Waals surface area (Å²) in [6, 6.07) is 10.5. The van der Waals surface area contributed by atoms with E-state index in [-0.39, 0.29) is 33.4 Å². The number of para-hydroxylation sites is 1. The summed E-state index contributed by atoms with van der Waals surface area (Å²) in [5.74, 6) is -1.13. The molecule has 8 nitrogen and oxygen atoms in total. The second kappa shape index (κ2) is 11.3. The number of fused-ring (bicyclic) bond motifs is 1. The number of ether oxygens (including phenoxy) is 1. The molecule has 0 fully saturated rings. The Labute approximate surface area is 236 Å². The Morgan fingerprint density at radius 2 is 2.19 bits per heavy atom. The first kappa shape index (κ1) is 13.9. The molecule has 4 rings (SSSR count). The molecule has 2 aromatic heterocycles. The summed E-state index contributed by atoms with van der Waals surface area (Å²) < 4.78 is 112. The fourth-order valence-corrected chi connectivity index (χ4v) is 3.92. The maximum Gasteiger partial charge on any atom is 0.247 e. The first-order valence-corrected chi connectivity index (χ1v) is 11.1. The first-order chi connectivity index (χ1) is 23.0. The topological polar surface area (TPSA) is 75.5 Å². The minimum atomic E-state index is -3.64. The highest BCUT2D eigenvalue weighted by atomic mass is 16.5. The van der Waals surface area contributed by atoms with Gasteiger partial charge in [0.25, 0.3) is 0 Å². The van der Waals surface area contributed by atoms with Gasteiger partial charge >= 0.3 is 0 Å². The van der Waals surface area contributed by atoms with Crippen molar-refractivity contribution in [3.63, 3.8) is 0 Å². The lowest BCUT2D eigenvalue weighted by Gasteiger charge is -2.25. The first-order valence-electron chi connectivity index (χ1n) is 17.6. The number of nitrogens with zero attached hydrogens (tertiary/aromatic N) is 5. The van der Waals surface area contributed by atoms with Gasteiger partial charge in [-0.3, -0.25) is 4.79 Å². The maximum absolute atomic E-state index is 12.9. The lowest BCUT2D eigenvalue weighted by Crippen LogP contribution is -2.29. The molecular weight excluding hydrogens is 464 g/mol. The zero-order valence-electron chi connectivity index (χ0n) is 33.5. The summed E-state index contributed by atoms with van der Waals surface area (Å²) in [5.41, 5.74) is 1.46. The molecule has 0 saturated heterocycles. The van der Waals surface area contributed by atoms with Crippen molar-refractivity contribution in [2.45, 2.75) is 6.42 Å². The monoisotopic (exact) mass is 511 g/mol. The van der Waals surface area contributed by atoms with Gasteiger partial charge in [0.1, 0.15) is 11.6 Å². The number of methoxy groups -OCH3 is 1. The molecule has 0 unspecified atom stereocenters. The van der Waals surface area contributed by atoms with Gasteiger partial charge in [-0.2, -0.15) is 0 Å². The molecule has 0 aliphatic rings. The molecule has 1 amide bonds. The summed E-state index contributed by atoms with van der Waals surface area (Å²) in [6.07, 6.45) is 3.37. The molecule has 4 aromatic rings. The van der Waals surface area contributed by atoms with Gasteiger partial charge < -0.3 is 24.4 Å². The smallest absolute Gasteiger partial charge is 0.247 e. The summed E-state index contributed by atoms with van der Waals surface area (Å²) in [4.78, 5) is 22.1. The molecule has 2 aromatic carbocycles. The van der Waals surface area contributed by atoms with Crippen LogP contribution in [0, 0.1) is 0 Å². The van der Waals surface area contributed by atoms with Crippen molar-refractivity contribution in [3.8, 4) is 17.0 Å². The molecular formula is C29H34N6O2. The maximum atomic E-state index is 12.9. The van der Waals surface area contributed by atoms with Crippen molar-refractivity contribution < 1.29 is 27.4 Å². The number of hydrogen-bond acceptors (Lipinski definition) is 6. The second-order valence-electron chi connectivity index (χ2n) is 8.08. The second-order valence-corrected chi connectivity index (χ2v) is 8.08. The Hall–Kier alpha value is -4.17. The van der Waals surface area contributed by atoms with Gasteiger partial charge in [0.15, 0.2) is 0 Å². The molecule has 0 radical (unpaired) electrons. The SMILES string of the molecule is [2H]C([2H])=C([2H])C(=O)Nc1cc(Cc2nccc(-c3cn(C)c4ccccc34)n2)c(OC)cc1N(C([2H])([2H])[2H])C([2H])([2H])C([2H])([2H])N(C)C([2H])([2H])[2H]. The van der Waals surface area contributed by atoms with Gasteiger partial charge in [-0.1, -0.05) is 24.7 Å². The van der Waals surface area contributed by atoms with Gasteiger partial charge in [-0.05, 0) is 38.3 Å². The molecule has 2 heterocycles. The van der Waals surface area contributed by atoms with Crippen LogP contribution in [0.1, 0.15) is 29.2 Å². The van der Waals surface area contributed by atoms with Gasteiger partial charge in [0.2, 0.25) is 5.91 Å². The molecule has 192 valence electrons. The summed E-state index contributed by atoms with van der Waals surface area (Å²) >= 11 is 0. The Bertz CT molecular complexity index is 1940. The number of aryl methyl sites for hydroxylation is 1. The number of aromatic nitrogens is 3. The fraction of sp³-hybridized carbons (Fsp3) is 0.276. The standard InChI is InChI=1S/C29H34N6O2/c1-7-29(36)32-24-16-20(27(37-6)18-26(24)34(4)15-14-33(2)3)17-28-30-13-12-23(31-28)22-19-35(5)25-11-9-8-10-21(22)25/h7-13,16,18-19H,1,14-15,17H2,2-6H3,(H,32,36)/i1D2,2D3,4D3,7D,14D2,15D2. The molecule has 0 aliphatic carbocycles. The Balaban J connectivity index is 1.92. The highest BCUT2D eigenvalue weighted by Gasteiger charge is 2.17. The van der Waals surface area contributed by atoms with E-state index >= 15 is 0 Å². The van der Waals surface area contributed by atoms with Crippen molar-refractivity contribution in [1.29, 1.82) is 0 Å². The largest absolute Gasteiger partial charge is 0.496 e. The van der Waals surface area contributed by atoms with Crippen LogP contribution in [0.5, 0.6) is 5.75 Å². The number of anilines is 2. The quantitative estimate of drug-likeness (QED) is 0.319. The van der Waals surface area contributed by atoms with Crippen LogP contribution < -0.4 is 15.0 Å². The van der Waals surface area contributed by atoms with E-state index in [4.69, 9.17) is 27.5 Å². The van der Waals surface area contributed by atoms with Crippen LogP contribution in [0.15, 0.2) is 67.4 Å². The van der Waals surface area contributed by atoms with Gasteiger partial charge in [0, 0.05) is 84.9 Å². The highest BCUT2D eigenvalue weighted by Crippen LogP contribution is 2.35. The Kier molecular flexibility index (Phi) is 4.25. The summed E-state index contributed by atoms with van der Waals surface area (Å²) in [5, 5.41) is 3.18. The van der Waals surface area contributed by atoms with Gasteiger partial charge in [-0.25, -0.2) is 9.97 Å². The molecule has 8 heteroatoms. The molecule has 1 N–H and O–H groups in total. The van der Waals surface area contributed by atoms with E-state index in [2.05, 4.69) is 10.3 Å². The molecule has 0 saturated carbocycles. The third kappa shape index (κ3) is 5.81. The number of nitrogens with one attached hydrogen (secondary N) is 1. The number of benzene rings is 2. The van der Waals surface area contributed by atoms with Crippen molar-refractivity contribution in [1.82, 2.24) is 19.4 Å². The van der Waals surface area contributed by atoms with E-state index in [1.54, 1.807) is 12.3 Å². The fourth-order valence-electron chi connectivity index (χ4n) is 3.92. The number of hydrogen-bond donors (Lipinski definition) is 1. The lowest BCUT2D eigenvalue weighted by atomic mass is 10.1. The number of amides is 1. The third-order valence-electron chi connectivity index (χ3n) is 5.56. The number of carbonyl (C=O) groups excluding carboxylic acids is 1. The van der Waals surface area contributed by atoms with Crippen LogP contribution in [0.3, 0.4) is 0 Å². The zero-order chi connectivity index (χ0) is 37.6. The summed E-state index contributed by atoms with van der Waals surface area (Å²) in [6.45, 7) is -15.0. The Morgan fingerprint density at radius 1 is 1.32 bits per heavy atom. The van der Waals surface area contributed by atoms with Crippen LogP contribution in [0.2, 0.25) is 0 Å². The van der Waals surface area contributed by atoms with Crippen molar-refractivity contribution >= 4 is 28.2 Å². The number of carbonyl (C=O) groups is 1. The van der Waals surface area contributed by atoms with Crippen LogP contribution in [0.4, 0.5) is 11.4 Å².